The van der Waals surface area contributed by atoms with Gasteiger partial charge in [0.15, 0.2) is 0 Å². The van der Waals surface area contributed by atoms with E-state index in [-0.39, 0.29) is 13.0 Å². The van der Waals surface area contributed by atoms with Crippen LogP contribution in [-0.4, -0.2) is 54.7 Å². The third-order valence-electron chi connectivity index (χ3n) is 3.92. The first-order valence-electron chi connectivity index (χ1n) is 10.6. The van der Waals surface area contributed by atoms with E-state index < -0.39 is 54.1 Å². The molecule has 1 aromatic rings. The lowest BCUT2D eigenvalue weighted by molar-refractivity contribution is -0.141. The van der Waals surface area contributed by atoms with Crippen LogP contribution >= 0.6 is 0 Å². The maximum absolute atomic E-state index is 13.0. The van der Waals surface area contributed by atoms with Gasteiger partial charge in [-0.05, 0) is 33.3 Å². The lowest BCUT2D eigenvalue weighted by atomic mass is 10.1. The molecule has 0 spiro atoms. The van der Waals surface area contributed by atoms with E-state index in [0.29, 0.717) is 5.56 Å². The van der Waals surface area contributed by atoms with E-state index in [9.17, 15) is 24.0 Å². The van der Waals surface area contributed by atoms with Crippen molar-refractivity contribution in [3.05, 3.63) is 48.0 Å². The van der Waals surface area contributed by atoms with Crippen molar-refractivity contribution in [1.82, 2.24) is 10.6 Å². The highest BCUT2D eigenvalue weighted by Crippen LogP contribution is 2.15. The summed E-state index contributed by atoms with van der Waals surface area (Å²) in [5.41, 5.74) is 4.92. The summed E-state index contributed by atoms with van der Waals surface area (Å²) < 4.78 is 14.9. The molecule has 3 amide bonds. The number of ether oxygens (including phenoxy) is 3. The molecule has 186 valence electrons. The molecule has 0 aliphatic rings. The van der Waals surface area contributed by atoms with Crippen molar-refractivity contribution in [1.29, 1.82) is 0 Å². The van der Waals surface area contributed by atoms with Crippen molar-refractivity contribution in [3.8, 4) is 0 Å². The van der Waals surface area contributed by atoms with Gasteiger partial charge in [0.25, 0.3) is 0 Å². The van der Waals surface area contributed by atoms with Crippen LogP contribution in [0.25, 0.3) is 0 Å². The smallest absolute Gasteiger partial charge is 0.408 e. The Bertz CT molecular complexity index is 893. The molecule has 0 bridgehead atoms. The molecule has 34 heavy (non-hydrogen) atoms. The summed E-state index contributed by atoms with van der Waals surface area (Å²) in [7, 11) is 0. The molecule has 0 aliphatic heterocycles. The van der Waals surface area contributed by atoms with Crippen molar-refractivity contribution in [3.63, 3.8) is 0 Å². The molecular weight excluding hydrogens is 446 g/mol. The Morgan fingerprint density at radius 2 is 1.56 bits per heavy atom. The minimum Gasteiger partial charge on any atom is -0.463 e. The minimum atomic E-state index is -1.16. The normalized spacial score (nSPS) is 12.8. The molecule has 11 nitrogen and oxygen atoms in total. The predicted octanol–water partition coefficient (Wildman–Crippen LogP) is 1.28. The second-order valence-electron chi connectivity index (χ2n) is 8.08. The van der Waals surface area contributed by atoms with E-state index >= 15 is 0 Å². The van der Waals surface area contributed by atoms with E-state index in [4.69, 9.17) is 15.2 Å². The fourth-order valence-electron chi connectivity index (χ4n) is 2.61. The number of hydrogen-bond donors (Lipinski definition) is 3. The van der Waals surface area contributed by atoms with E-state index in [1.165, 1.54) is 0 Å². The Morgan fingerprint density at radius 3 is 2.09 bits per heavy atom. The lowest BCUT2D eigenvalue weighted by Gasteiger charge is -2.25. The van der Waals surface area contributed by atoms with Crippen LogP contribution in [0.4, 0.5) is 4.79 Å². The first kappa shape index (κ1) is 28.1. The van der Waals surface area contributed by atoms with Gasteiger partial charge in [-0.25, -0.2) is 14.4 Å². The third kappa shape index (κ3) is 11.7. The second kappa shape index (κ2) is 13.6. The zero-order valence-corrected chi connectivity index (χ0v) is 19.7. The molecule has 2 atom stereocenters. The van der Waals surface area contributed by atoms with Crippen LogP contribution in [0.2, 0.25) is 0 Å². The number of primary amides is 1. The van der Waals surface area contributed by atoms with Gasteiger partial charge < -0.3 is 30.6 Å². The number of benzene rings is 1. The summed E-state index contributed by atoms with van der Waals surface area (Å²) in [5, 5.41) is 5.05. The van der Waals surface area contributed by atoms with Crippen molar-refractivity contribution < 1.29 is 38.2 Å². The fourth-order valence-corrected chi connectivity index (χ4v) is 2.61. The van der Waals surface area contributed by atoms with E-state index in [1.54, 1.807) is 58.0 Å². The van der Waals surface area contributed by atoms with Crippen LogP contribution in [0.1, 0.15) is 45.7 Å². The number of nitrogens with one attached hydrogen (secondary N) is 2. The van der Waals surface area contributed by atoms with Gasteiger partial charge in [-0.2, -0.15) is 0 Å². The zero-order valence-electron chi connectivity index (χ0n) is 19.7. The van der Waals surface area contributed by atoms with Crippen LogP contribution in [-0.2, 0) is 33.4 Å². The lowest BCUT2D eigenvalue weighted by Crippen LogP contribution is -2.48. The Morgan fingerprint density at radius 1 is 0.971 bits per heavy atom. The molecule has 11 heteroatoms. The number of hydrogen-bond acceptors (Lipinski definition) is 8. The number of alkyl carbamates (subject to hydrolysis) is 1. The van der Waals surface area contributed by atoms with Crippen molar-refractivity contribution in [2.24, 2.45) is 5.73 Å². The fraction of sp³-hybridized carbons (Fsp3) is 0.435. The number of rotatable bonds is 11. The topological polar surface area (TPSA) is 163 Å². The Hall–Kier alpha value is -3.89. The van der Waals surface area contributed by atoms with Crippen LogP contribution in [0.15, 0.2) is 42.5 Å². The van der Waals surface area contributed by atoms with Crippen molar-refractivity contribution >= 4 is 29.8 Å². The van der Waals surface area contributed by atoms with Gasteiger partial charge >= 0.3 is 18.0 Å². The molecule has 0 unspecified atom stereocenters. The molecule has 0 saturated carbocycles. The minimum absolute atomic E-state index is 0.144. The van der Waals surface area contributed by atoms with Crippen LogP contribution in [0.3, 0.4) is 0 Å². The van der Waals surface area contributed by atoms with Gasteiger partial charge in [0.1, 0.15) is 18.2 Å². The average molecular weight is 478 g/mol. The monoisotopic (exact) mass is 477 g/mol. The van der Waals surface area contributed by atoms with Gasteiger partial charge in [-0.15, -0.1) is 0 Å². The van der Waals surface area contributed by atoms with E-state index in [1.807, 2.05) is 0 Å². The Kier molecular flexibility index (Phi) is 11.3. The molecule has 0 heterocycles. The SMILES string of the molecule is CCOC(=O)/C=C/C(=O)OC[C@H](CC(N)=O)NC(=O)[C@@H](NC(=O)OC(C)(C)C)c1ccccc1. The zero-order chi connectivity index (χ0) is 25.7. The maximum Gasteiger partial charge on any atom is 0.408 e. The highest BCUT2D eigenvalue weighted by molar-refractivity contribution is 5.91. The molecule has 0 aliphatic carbocycles. The number of carbonyl (C=O) groups excluding carboxylic acids is 5. The number of esters is 2. The van der Waals surface area contributed by atoms with Gasteiger partial charge in [-0.3, -0.25) is 9.59 Å². The van der Waals surface area contributed by atoms with E-state index in [2.05, 4.69) is 15.4 Å². The van der Waals surface area contributed by atoms with Crippen LogP contribution < -0.4 is 16.4 Å². The summed E-state index contributed by atoms with van der Waals surface area (Å²) in [6, 6.07) is 6.22. The largest absolute Gasteiger partial charge is 0.463 e. The predicted molar refractivity (Wildman–Crippen MR) is 121 cm³/mol. The highest BCUT2D eigenvalue weighted by Gasteiger charge is 2.28. The van der Waals surface area contributed by atoms with E-state index in [0.717, 1.165) is 12.2 Å². The van der Waals surface area contributed by atoms with Gasteiger partial charge in [0, 0.05) is 18.6 Å². The quantitative estimate of drug-likeness (QED) is 0.244. The summed E-state index contributed by atoms with van der Waals surface area (Å²) in [4.78, 5) is 59.9. The van der Waals surface area contributed by atoms with Gasteiger partial charge in [0.05, 0.1) is 12.6 Å². The van der Waals surface area contributed by atoms with Gasteiger partial charge in [0.2, 0.25) is 11.8 Å². The standard InChI is InChI=1S/C23H31N3O8/c1-5-32-18(28)11-12-19(29)33-14-16(13-17(24)27)25-21(30)20(15-9-7-6-8-10-15)26-22(31)34-23(2,3)4/h6-12,16,20H,5,13-14H2,1-4H3,(H2,24,27)(H,25,30)(H,26,31)/b12-11+/t16-,20-/m0/s1. The molecule has 0 saturated heterocycles. The molecule has 0 radical (unpaired) electrons. The first-order chi connectivity index (χ1) is 15.9. The summed E-state index contributed by atoms with van der Waals surface area (Å²) >= 11 is 0. The Labute approximate surface area is 198 Å². The van der Waals surface area contributed by atoms with Crippen molar-refractivity contribution in [2.75, 3.05) is 13.2 Å². The molecule has 1 aromatic carbocycles. The molecule has 0 aromatic heterocycles. The van der Waals surface area contributed by atoms with Crippen molar-refractivity contribution in [2.45, 2.75) is 51.8 Å². The number of amides is 3. The molecule has 1 rings (SSSR count). The van der Waals surface area contributed by atoms with Gasteiger partial charge in [-0.1, -0.05) is 30.3 Å². The summed E-state index contributed by atoms with van der Waals surface area (Å²) in [5.74, 6) is -3.04. The Balaban J connectivity index is 2.92. The first-order valence-corrected chi connectivity index (χ1v) is 10.6. The second-order valence-corrected chi connectivity index (χ2v) is 8.08. The van der Waals surface area contributed by atoms with Crippen LogP contribution in [0.5, 0.6) is 0 Å². The number of nitrogens with two attached hydrogens (primary N) is 1. The summed E-state index contributed by atoms with van der Waals surface area (Å²) in [6.07, 6.45) is 0.592. The summed E-state index contributed by atoms with van der Waals surface area (Å²) in [6.45, 7) is 6.38. The highest BCUT2D eigenvalue weighted by atomic mass is 16.6. The number of carbonyl (C=O) groups is 5. The average Bonchev–Trinajstić information content (AvgIpc) is 2.73. The molecule has 4 N–H and O–H groups in total. The third-order valence-corrected chi connectivity index (χ3v) is 3.92. The van der Waals surface area contributed by atoms with Crippen LogP contribution in [0, 0.1) is 0 Å². The molecule has 0 fully saturated rings. The maximum atomic E-state index is 13.0. The molecular formula is C23H31N3O8.